The molecule has 1 aromatic heterocycles. The summed E-state index contributed by atoms with van der Waals surface area (Å²) < 4.78 is 5.16. The molecule has 1 heterocycles. The molecule has 0 atom stereocenters. The Bertz CT molecular complexity index is 915. The fourth-order valence-electron chi connectivity index (χ4n) is 2.20. The first-order chi connectivity index (χ1) is 10.3. The van der Waals surface area contributed by atoms with E-state index in [4.69, 9.17) is 4.42 Å². The van der Waals surface area contributed by atoms with Gasteiger partial charge >= 0.3 is 5.63 Å². The van der Waals surface area contributed by atoms with E-state index in [9.17, 15) is 10.1 Å². The molecule has 0 radical (unpaired) electrons. The van der Waals surface area contributed by atoms with Crippen LogP contribution in [0.2, 0.25) is 0 Å². The van der Waals surface area contributed by atoms with Crippen molar-refractivity contribution in [1.29, 1.82) is 5.26 Å². The molecule has 0 spiro atoms. The molecule has 2 aromatic carbocycles. The molecule has 0 unspecified atom stereocenters. The Morgan fingerprint density at radius 1 is 0.952 bits per heavy atom. The van der Waals surface area contributed by atoms with E-state index in [0.29, 0.717) is 11.1 Å². The summed E-state index contributed by atoms with van der Waals surface area (Å²) in [4.78, 5) is 11.9. The molecule has 0 aliphatic carbocycles. The summed E-state index contributed by atoms with van der Waals surface area (Å²) in [5, 5.41) is 9.96. The lowest BCUT2D eigenvalue weighted by atomic mass is 10.0. The number of nitrogens with zero attached hydrogens (tertiary/aromatic N) is 1. The summed E-state index contributed by atoms with van der Waals surface area (Å²) in [6.45, 7) is 0. The SMILES string of the molecule is N#Cc1c(/C=C/c2ccccc2)c2ccccc2oc1=O. The highest BCUT2D eigenvalue weighted by atomic mass is 16.4. The summed E-state index contributed by atoms with van der Waals surface area (Å²) in [5.74, 6) is 0. The molecule has 0 N–H and O–H groups in total. The van der Waals surface area contributed by atoms with Crippen LogP contribution < -0.4 is 5.63 Å². The van der Waals surface area contributed by atoms with E-state index in [1.54, 1.807) is 18.2 Å². The Kier molecular flexibility index (Phi) is 3.36. The lowest BCUT2D eigenvalue weighted by molar-refractivity contribution is 0.558. The number of fused-ring (bicyclic) bond motifs is 1. The van der Waals surface area contributed by atoms with Gasteiger partial charge in [-0.2, -0.15) is 5.26 Å². The molecule has 3 aromatic rings. The Labute approximate surface area is 121 Å². The van der Waals surface area contributed by atoms with Crippen molar-refractivity contribution >= 4 is 23.1 Å². The summed E-state index contributed by atoms with van der Waals surface area (Å²) >= 11 is 0. The number of hydrogen-bond acceptors (Lipinski definition) is 3. The van der Waals surface area contributed by atoms with Crippen LogP contribution >= 0.6 is 0 Å². The van der Waals surface area contributed by atoms with Gasteiger partial charge in [-0.25, -0.2) is 4.79 Å². The average molecular weight is 273 g/mol. The van der Waals surface area contributed by atoms with Crippen LogP contribution in [0, 0.1) is 11.3 Å². The molecule has 0 aliphatic heterocycles. The van der Waals surface area contributed by atoms with Crippen molar-refractivity contribution in [2.24, 2.45) is 0 Å². The van der Waals surface area contributed by atoms with Crippen molar-refractivity contribution in [2.45, 2.75) is 0 Å². The quantitative estimate of drug-likeness (QED) is 0.667. The van der Waals surface area contributed by atoms with Crippen molar-refractivity contribution in [1.82, 2.24) is 0 Å². The maximum Gasteiger partial charge on any atom is 0.354 e. The summed E-state index contributed by atoms with van der Waals surface area (Å²) in [6, 6.07) is 18.8. The van der Waals surface area contributed by atoms with Gasteiger partial charge in [-0.1, -0.05) is 60.7 Å². The van der Waals surface area contributed by atoms with Crippen LogP contribution in [-0.2, 0) is 0 Å². The van der Waals surface area contributed by atoms with E-state index in [1.807, 2.05) is 54.6 Å². The van der Waals surface area contributed by atoms with Crippen molar-refractivity contribution in [3.05, 3.63) is 81.7 Å². The average Bonchev–Trinajstić information content (AvgIpc) is 2.53. The molecule has 3 heteroatoms. The molecule has 0 saturated heterocycles. The molecular formula is C18H11NO2. The lowest BCUT2D eigenvalue weighted by Gasteiger charge is -2.03. The highest BCUT2D eigenvalue weighted by molar-refractivity contribution is 5.91. The number of benzene rings is 2. The standard InChI is InChI=1S/C18H11NO2/c19-12-16-14(11-10-13-6-2-1-3-7-13)15-8-4-5-9-17(15)21-18(16)20/h1-11H/b11-10+. The zero-order valence-electron chi connectivity index (χ0n) is 11.1. The smallest absolute Gasteiger partial charge is 0.354 e. The molecule has 3 rings (SSSR count). The second-order valence-electron chi connectivity index (χ2n) is 4.53. The topological polar surface area (TPSA) is 54.0 Å². The molecule has 100 valence electrons. The number of para-hydroxylation sites is 1. The molecule has 0 saturated carbocycles. The predicted molar refractivity (Wildman–Crippen MR) is 82.6 cm³/mol. The Hall–Kier alpha value is -3.12. The number of rotatable bonds is 2. The van der Waals surface area contributed by atoms with Crippen LogP contribution in [0.15, 0.2) is 63.8 Å². The first-order valence-corrected chi connectivity index (χ1v) is 6.48. The van der Waals surface area contributed by atoms with Crippen LogP contribution in [0.25, 0.3) is 23.1 Å². The molecular weight excluding hydrogens is 262 g/mol. The van der Waals surface area contributed by atoms with E-state index < -0.39 is 5.63 Å². The van der Waals surface area contributed by atoms with Gasteiger partial charge in [-0.15, -0.1) is 0 Å². The zero-order valence-corrected chi connectivity index (χ0v) is 11.1. The second-order valence-corrected chi connectivity index (χ2v) is 4.53. The lowest BCUT2D eigenvalue weighted by Crippen LogP contribution is -2.06. The molecule has 0 bridgehead atoms. The number of nitriles is 1. The first-order valence-electron chi connectivity index (χ1n) is 6.48. The van der Waals surface area contributed by atoms with Crippen LogP contribution in [0.1, 0.15) is 16.7 Å². The summed E-state index contributed by atoms with van der Waals surface area (Å²) in [6.07, 6.45) is 3.66. The monoisotopic (exact) mass is 273 g/mol. The van der Waals surface area contributed by atoms with Crippen molar-refractivity contribution < 1.29 is 4.42 Å². The van der Waals surface area contributed by atoms with E-state index in [2.05, 4.69) is 0 Å². The third-order valence-corrected chi connectivity index (χ3v) is 3.21. The first kappa shape index (κ1) is 12.9. The Morgan fingerprint density at radius 3 is 2.43 bits per heavy atom. The van der Waals surface area contributed by atoms with Gasteiger partial charge in [0, 0.05) is 10.9 Å². The van der Waals surface area contributed by atoms with Crippen LogP contribution in [0.3, 0.4) is 0 Å². The minimum Gasteiger partial charge on any atom is -0.422 e. The van der Waals surface area contributed by atoms with Gasteiger partial charge in [0.2, 0.25) is 0 Å². The highest BCUT2D eigenvalue weighted by Gasteiger charge is 2.11. The highest BCUT2D eigenvalue weighted by Crippen LogP contribution is 2.21. The minimum absolute atomic E-state index is 0.0286. The van der Waals surface area contributed by atoms with E-state index >= 15 is 0 Å². The van der Waals surface area contributed by atoms with E-state index in [0.717, 1.165) is 10.9 Å². The Balaban J connectivity index is 2.23. The fraction of sp³-hybridized carbons (Fsp3) is 0. The van der Waals surface area contributed by atoms with Gasteiger partial charge in [-0.3, -0.25) is 0 Å². The largest absolute Gasteiger partial charge is 0.422 e. The predicted octanol–water partition coefficient (Wildman–Crippen LogP) is 3.84. The van der Waals surface area contributed by atoms with Gasteiger partial charge in [0.05, 0.1) is 0 Å². The van der Waals surface area contributed by atoms with Gasteiger partial charge in [0.1, 0.15) is 17.2 Å². The molecule has 21 heavy (non-hydrogen) atoms. The fourth-order valence-corrected chi connectivity index (χ4v) is 2.20. The van der Waals surface area contributed by atoms with Gasteiger partial charge in [-0.05, 0) is 11.6 Å². The molecule has 0 aliphatic rings. The minimum atomic E-state index is -0.607. The zero-order chi connectivity index (χ0) is 14.7. The normalized spacial score (nSPS) is 10.8. The van der Waals surface area contributed by atoms with E-state index in [1.165, 1.54) is 0 Å². The number of hydrogen-bond donors (Lipinski definition) is 0. The van der Waals surface area contributed by atoms with Crippen LogP contribution in [-0.4, -0.2) is 0 Å². The molecule has 3 nitrogen and oxygen atoms in total. The van der Waals surface area contributed by atoms with Gasteiger partial charge in [0.15, 0.2) is 0 Å². The van der Waals surface area contributed by atoms with Crippen molar-refractivity contribution in [3.8, 4) is 6.07 Å². The summed E-state index contributed by atoms with van der Waals surface area (Å²) in [7, 11) is 0. The van der Waals surface area contributed by atoms with Gasteiger partial charge in [0.25, 0.3) is 0 Å². The maximum atomic E-state index is 11.9. The Morgan fingerprint density at radius 2 is 1.67 bits per heavy atom. The van der Waals surface area contributed by atoms with Crippen molar-refractivity contribution in [2.75, 3.05) is 0 Å². The van der Waals surface area contributed by atoms with Crippen molar-refractivity contribution in [3.63, 3.8) is 0 Å². The third kappa shape index (κ3) is 2.47. The molecule has 0 amide bonds. The summed E-state index contributed by atoms with van der Waals surface area (Å²) in [5.41, 5.74) is 1.49. The van der Waals surface area contributed by atoms with E-state index in [-0.39, 0.29) is 5.56 Å². The molecule has 0 fully saturated rings. The van der Waals surface area contributed by atoms with Crippen LogP contribution in [0.5, 0.6) is 0 Å². The second kappa shape index (κ2) is 5.48. The third-order valence-electron chi connectivity index (χ3n) is 3.21. The van der Waals surface area contributed by atoms with Gasteiger partial charge < -0.3 is 4.42 Å². The van der Waals surface area contributed by atoms with Crippen LogP contribution in [0.4, 0.5) is 0 Å². The maximum absolute atomic E-state index is 11.9.